The highest BCUT2D eigenvalue weighted by Crippen LogP contribution is 2.33. The van der Waals surface area contributed by atoms with E-state index in [9.17, 15) is 28.1 Å². The van der Waals surface area contributed by atoms with Gasteiger partial charge in [0.2, 0.25) is 0 Å². The summed E-state index contributed by atoms with van der Waals surface area (Å²) in [6, 6.07) is 19.4. The number of non-ortho nitro benzene ring substituents is 1. The number of amides is 2. The van der Waals surface area contributed by atoms with Gasteiger partial charge in [-0.2, -0.15) is 8.42 Å². The monoisotopic (exact) mass is 496 g/mol. The predicted molar refractivity (Wildman–Crippen MR) is 125 cm³/mol. The molecule has 0 aliphatic carbocycles. The number of thioether (sulfide) groups is 1. The lowest BCUT2D eigenvalue weighted by molar-refractivity contribution is -0.384. The van der Waals surface area contributed by atoms with Crippen molar-refractivity contribution in [2.24, 2.45) is 0 Å². The molecule has 0 atom stereocenters. The van der Waals surface area contributed by atoms with Crippen molar-refractivity contribution in [2.75, 3.05) is 0 Å². The predicted octanol–water partition coefficient (Wildman–Crippen LogP) is 4.60. The number of rotatable bonds is 7. The summed E-state index contributed by atoms with van der Waals surface area (Å²) in [5, 5.41) is 10.4. The van der Waals surface area contributed by atoms with Gasteiger partial charge in [-0.3, -0.25) is 24.6 Å². The van der Waals surface area contributed by atoms with Crippen LogP contribution in [-0.4, -0.2) is 29.4 Å². The Balaban J connectivity index is 1.45. The molecule has 0 saturated carbocycles. The minimum Gasteiger partial charge on any atom is -0.379 e. The summed E-state index contributed by atoms with van der Waals surface area (Å²) in [6.45, 7) is 0.177. The minimum absolute atomic E-state index is 0.0210. The average molecular weight is 497 g/mol. The molecule has 4 rings (SSSR count). The first-order chi connectivity index (χ1) is 16.2. The van der Waals surface area contributed by atoms with E-state index in [-0.39, 0.29) is 33.0 Å². The molecule has 34 heavy (non-hydrogen) atoms. The van der Waals surface area contributed by atoms with E-state index in [0.29, 0.717) is 5.56 Å². The molecule has 1 fully saturated rings. The molecule has 0 unspecified atom stereocenters. The van der Waals surface area contributed by atoms with Gasteiger partial charge in [-0.15, -0.1) is 0 Å². The van der Waals surface area contributed by atoms with E-state index < -0.39 is 20.9 Å². The normalized spacial score (nSPS) is 15.1. The van der Waals surface area contributed by atoms with E-state index in [2.05, 4.69) is 0 Å². The Morgan fingerprint density at radius 3 is 2.21 bits per heavy atom. The highest BCUT2D eigenvalue weighted by molar-refractivity contribution is 8.18. The van der Waals surface area contributed by atoms with Gasteiger partial charge in [-0.1, -0.05) is 42.5 Å². The van der Waals surface area contributed by atoms with Gasteiger partial charge in [0, 0.05) is 12.1 Å². The highest BCUT2D eigenvalue weighted by atomic mass is 32.2. The third-order valence-corrected chi connectivity index (χ3v) is 6.95. The topological polar surface area (TPSA) is 124 Å². The Hall–Kier alpha value is -3.96. The third-order valence-electron chi connectivity index (χ3n) is 4.78. The molecule has 2 amide bonds. The summed E-state index contributed by atoms with van der Waals surface area (Å²) in [5.41, 5.74) is 1.17. The second-order valence-electron chi connectivity index (χ2n) is 7.11. The molecular formula is C23H16N2O7S2. The van der Waals surface area contributed by atoms with E-state index in [1.165, 1.54) is 17.0 Å². The van der Waals surface area contributed by atoms with Crippen LogP contribution in [0, 0.1) is 10.1 Å². The quantitative estimate of drug-likeness (QED) is 0.201. The Labute approximate surface area is 198 Å². The molecule has 0 aromatic heterocycles. The number of imide groups is 1. The standard InChI is InChI=1S/C23H16N2O7S2/c26-22-21(33-23(27)24(22)15-17-4-2-1-3-5-17)14-16-6-10-19(11-7-16)32-34(30,31)20-12-8-18(9-13-20)25(28)29/h1-14H,15H2/b21-14-. The van der Waals surface area contributed by atoms with Crippen LogP contribution in [0.15, 0.2) is 88.7 Å². The van der Waals surface area contributed by atoms with Crippen molar-refractivity contribution in [1.82, 2.24) is 4.90 Å². The van der Waals surface area contributed by atoms with Crippen LogP contribution in [0.2, 0.25) is 0 Å². The van der Waals surface area contributed by atoms with Crippen LogP contribution >= 0.6 is 11.8 Å². The zero-order valence-electron chi connectivity index (χ0n) is 17.4. The van der Waals surface area contributed by atoms with Crippen molar-refractivity contribution in [3.8, 4) is 5.75 Å². The lowest BCUT2D eigenvalue weighted by Crippen LogP contribution is -2.27. The van der Waals surface area contributed by atoms with Crippen LogP contribution in [0.3, 0.4) is 0 Å². The summed E-state index contributed by atoms with van der Waals surface area (Å²) < 4.78 is 29.9. The summed E-state index contributed by atoms with van der Waals surface area (Å²) in [5.74, 6) is -0.382. The second kappa shape index (κ2) is 9.49. The third kappa shape index (κ3) is 5.16. The minimum atomic E-state index is -4.19. The number of nitro groups is 1. The number of carbonyl (C=O) groups is 2. The molecular weight excluding hydrogens is 480 g/mol. The van der Waals surface area contributed by atoms with Crippen molar-refractivity contribution in [3.63, 3.8) is 0 Å². The fraction of sp³-hybridized carbons (Fsp3) is 0.0435. The molecule has 3 aromatic carbocycles. The van der Waals surface area contributed by atoms with E-state index in [0.717, 1.165) is 41.6 Å². The molecule has 1 aliphatic heterocycles. The van der Waals surface area contributed by atoms with Crippen LogP contribution in [0.4, 0.5) is 10.5 Å². The van der Waals surface area contributed by atoms with Crippen LogP contribution in [0.25, 0.3) is 6.08 Å². The molecule has 9 nitrogen and oxygen atoms in total. The van der Waals surface area contributed by atoms with Crippen LogP contribution in [0.1, 0.15) is 11.1 Å². The first kappa shape index (κ1) is 23.2. The molecule has 11 heteroatoms. The largest absolute Gasteiger partial charge is 0.379 e. The Morgan fingerprint density at radius 1 is 0.941 bits per heavy atom. The van der Waals surface area contributed by atoms with Crippen molar-refractivity contribution >= 4 is 44.8 Å². The molecule has 3 aromatic rings. The fourth-order valence-electron chi connectivity index (χ4n) is 3.08. The van der Waals surface area contributed by atoms with Gasteiger partial charge < -0.3 is 4.18 Å². The zero-order valence-corrected chi connectivity index (χ0v) is 19.0. The summed E-state index contributed by atoms with van der Waals surface area (Å²) in [6.07, 6.45) is 1.55. The molecule has 0 spiro atoms. The maximum absolute atomic E-state index is 12.7. The van der Waals surface area contributed by atoms with Gasteiger partial charge in [0.1, 0.15) is 10.6 Å². The number of carbonyl (C=O) groups excluding carboxylic acids is 2. The van der Waals surface area contributed by atoms with Crippen molar-refractivity contribution in [2.45, 2.75) is 11.4 Å². The van der Waals surface area contributed by atoms with E-state index in [1.807, 2.05) is 30.3 Å². The molecule has 1 heterocycles. The lowest BCUT2D eigenvalue weighted by atomic mass is 10.2. The Kier molecular flexibility index (Phi) is 6.48. The van der Waals surface area contributed by atoms with Gasteiger partial charge in [-0.05, 0) is 53.2 Å². The van der Waals surface area contributed by atoms with Gasteiger partial charge in [0.25, 0.3) is 16.8 Å². The van der Waals surface area contributed by atoms with E-state index >= 15 is 0 Å². The highest BCUT2D eigenvalue weighted by Gasteiger charge is 2.34. The molecule has 0 bridgehead atoms. The number of hydrogen-bond acceptors (Lipinski definition) is 8. The van der Waals surface area contributed by atoms with E-state index in [1.54, 1.807) is 18.2 Å². The van der Waals surface area contributed by atoms with Gasteiger partial charge in [-0.25, -0.2) is 0 Å². The molecule has 1 saturated heterocycles. The smallest absolute Gasteiger partial charge is 0.339 e. The van der Waals surface area contributed by atoms with Crippen molar-refractivity contribution in [3.05, 3.63) is 105 Å². The SMILES string of the molecule is O=C1S/C(=C\c2ccc(OS(=O)(=O)c3ccc([N+](=O)[O-])cc3)cc2)C(=O)N1Cc1ccccc1. The van der Waals surface area contributed by atoms with Crippen molar-refractivity contribution in [1.29, 1.82) is 0 Å². The number of benzene rings is 3. The summed E-state index contributed by atoms with van der Waals surface area (Å²) in [4.78, 5) is 36.3. The summed E-state index contributed by atoms with van der Waals surface area (Å²) in [7, 11) is -4.19. The van der Waals surface area contributed by atoms with Gasteiger partial charge in [0.15, 0.2) is 0 Å². The van der Waals surface area contributed by atoms with Gasteiger partial charge >= 0.3 is 10.1 Å². The fourth-order valence-corrected chi connectivity index (χ4v) is 4.85. The lowest BCUT2D eigenvalue weighted by Gasteiger charge is -2.12. The Morgan fingerprint density at radius 2 is 1.59 bits per heavy atom. The van der Waals surface area contributed by atoms with E-state index in [4.69, 9.17) is 4.18 Å². The molecule has 0 radical (unpaired) electrons. The van der Waals surface area contributed by atoms with Gasteiger partial charge in [0.05, 0.1) is 16.4 Å². The van der Waals surface area contributed by atoms with Crippen LogP contribution in [-0.2, 0) is 21.5 Å². The maximum atomic E-state index is 12.7. The second-order valence-corrected chi connectivity index (χ2v) is 9.65. The number of nitrogens with zero attached hydrogens (tertiary/aromatic N) is 2. The first-order valence-corrected chi connectivity index (χ1v) is 12.0. The molecule has 0 N–H and O–H groups in total. The zero-order chi connectivity index (χ0) is 24.3. The molecule has 172 valence electrons. The van der Waals surface area contributed by atoms with Crippen LogP contribution in [0.5, 0.6) is 5.75 Å². The summed E-state index contributed by atoms with van der Waals surface area (Å²) >= 11 is 0.834. The molecule has 1 aliphatic rings. The maximum Gasteiger partial charge on any atom is 0.339 e. The number of nitro benzene ring substituents is 1. The average Bonchev–Trinajstić information content (AvgIpc) is 3.08. The number of hydrogen-bond donors (Lipinski definition) is 0. The Bertz CT molecular complexity index is 1390. The first-order valence-electron chi connectivity index (χ1n) is 9.81. The van der Waals surface area contributed by atoms with Crippen molar-refractivity contribution < 1.29 is 27.1 Å². The van der Waals surface area contributed by atoms with Crippen LogP contribution < -0.4 is 4.18 Å².